The van der Waals surface area contributed by atoms with Crippen LogP contribution in [-0.2, 0) is 13.6 Å². The first-order valence-electron chi connectivity index (χ1n) is 4.40. The predicted molar refractivity (Wildman–Crippen MR) is 65.3 cm³/mol. The van der Waals surface area contributed by atoms with Crippen LogP contribution in [0.5, 0.6) is 11.5 Å². The van der Waals surface area contributed by atoms with Crippen LogP contribution in [0.1, 0.15) is 0 Å². The Morgan fingerprint density at radius 1 is 1.00 bits per heavy atom. The maximum Gasteiger partial charge on any atom is 0.529 e. The lowest BCUT2D eigenvalue weighted by atomic mass is 10.3. The number of benzene rings is 1. The van der Waals surface area contributed by atoms with Crippen molar-refractivity contribution >= 4 is 31.0 Å². The van der Waals surface area contributed by atoms with E-state index < -0.39 is 7.82 Å². The summed E-state index contributed by atoms with van der Waals surface area (Å²) in [5, 5.41) is 0.450. The second kappa shape index (κ2) is 5.94. The average molecular weight is 301 g/mol. The predicted octanol–water partition coefficient (Wildman–Crippen LogP) is 3.78. The van der Waals surface area contributed by atoms with Crippen molar-refractivity contribution in [3.05, 3.63) is 22.2 Å². The summed E-state index contributed by atoms with van der Waals surface area (Å²) >= 11 is 11.8. The molecule has 0 spiro atoms. The van der Waals surface area contributed by atoms with Gasteiger partial charge in [0.25, 0.3) is 0 Å². The van der Waals surface area contributed by atoms with E-state index in [4.69, 9.17) is 32.5 Å². The molecule has 1 aromatic rings. The van der Waals surface area contributed by atoms with Gasteiger partial charge in [0.15, 0.2) is 5.75 Å². The van der Waals surface area contributed by atoms with Gasteiger partial charge >= 0.3 is 7.82 Å². The number of hydrogen-bond acceptors (Lipinski definition) is 5. The van der Waals surface area contributed by atoms with Crippen LogP contribution in [0, 0.1) is 0 Å². The van der Waals surface area contributed by atoms with Crippen LogP contribution in [0.15, 0.2) is 12.1 Å². The molecule has 8 heteroatoms. The molecule has 0 aromatic heterocycles. The molecule has 0 saturated carbocycles. The van der Waals surface area contributed by atoms with E-state index in [0.29, 0.717) is 5.75 Å². The Morgan fingerprint density at radius 3 is 1.94 bits per heavy atom. The topological polar surface area (TPSA) is 54.0 Å². The van der Waals surface area contributed by atoms with Crippen LogP contribution in [0.3, 0.4) is 0 Å². The first-order valence-corrected chi connectivity index (χ1v) is 6.61. The number of rotatable bonds is 5. The number of hydrogen-bond donors (Lipinski definition) is 0. The van der Waals surface area contributed by atoms with Crippen LogP contribution in [0.4, 0.5) is 0 Å². The van der Waals surface area contributed by atoms with E-state index in [1.807, 2.05) is 0 Å². The number of phosphoric ester groups is 1. The quantitative estimate of drug-likeness (QED) is 0.775. The molecule has 0 fully saturated rings. The molecule has 1 aromatic carbocycles. The summed E-state index contributed by atoms with van der Waals surface area (Å²) in [6.45, 7) is 0. The van der Waals surface area contributed by atoms with Crippen molar-refractivity contribution in [2.75, 3.05) is 21.3 Å². The molecular formula is C9H11Cl2O5P. The zero-order valence-electron chi connectivity index (χ0n) is 9.40. The molecule has 0 atom stereocenters. The zero-order chi connectivity index (χ0) is 13.1. The second-order valence-corrected chi connectivity index (χ2v) is 5.44. The fraction of sp³-hybridized carbons (Fsp3) is 0.333. The summed E-state index contributed by atoms with van der Waals surface area (Å²) in [5.74, 6) is 0.471. The molecule has 0 amide bonds. The van der Waals surface area contributed by atoms with Gasteiger partial charge in [-0.1, -0.05) is 23.2 Å². The van der Waals surface area contributed by atoms with Crippen molar-refractivity contribution in [1.82, 2.24) is 0 Å². The molecule has 0 aliphatic carbocycles. The molecule has 0 radical (unpaired) electrons. The van der Waals surface area contributed by atoms with Crippen molar-refractivity contribution in [3.63, 3.8) is 0 Å². The van der Waals surface area contributed by atoms with Crippen molar-refractivity contribution in [2.45, 2.75) is 0 Å². The van der Waals surface area contributed by atoms with Crippen molar-refractivity contribution in [1.29, 1.82) is 0 Å². The Labute approximate surface area is 109 Å². The van der Waals surface area contributed by atoms with E-state index in [1.54, 1.807) is 0 Å². The first-order chi connectivity index (χ1) is 7.95. The maximum atomic E-state index is 11.7. The number of ether oxygens (including phenoxy) is 1. The van der Waals surface area contributed by atoms with Gasteiger partial charge in [0, 0.05) is 26.4 Å². The highest BCUT2D eigenvalue weighted by Crippen LogP contribution is 2.50. The van der Waals surface area contributed by atoms with Crippen LogP contribution >= 0.6 is 31.0 Å². The molecule has 0 heterocycles. The standard InChI is InChI=1S/C9H11Cl2O5P/c1-13-8-4-7(11)9(5-6(8)10)16-17(12,14-2)15-3/h4-5H,1-3H3. The third-order valence-corrected chi connectivity index (χ3v) is 3.77. The zero-order valence-corrected chi connectivity index (χ0v) is 11.8. The van der Waals surface area contributed by atoms with Crippen LogP contribution in [-0.4, -0.2) is 21.3 Å². The van der Waals surface area contributed by atoms with Gasteiger partial charge in [-0.15, -0.1) is 0 Å². The van der Waals surface area contributed by atoms with Gasteiger partial charge in [-0.25, -0.2) is 4.57 Å². The lowest BCUT2D eigenvalue weighted by Crippen LogP contribution is -1.98. The van der Waals surface area contributed by atoms with Crippen LogP contribution < -0.4 is 9.26 Å². The Morgan fingerprint density at radius 2 is 1.47 bits per heavy atom. The molecule has 96 valence electrons. The van der Waals surface area contributed by atoms with Gasteiger partial charge in [-0.05, 0) is 0 Å². The molecular weight excluding hydrogens is 290 g/mol. The highest BCUT2D eigenvalue weighted by atomic mass is 35.5. The third kappa shape index (κ3) is 3.50. The van der Waals surface area contributed by atoms with E-state index in [1.165, 1.54) is 33.5 Å². The summed E-state index contributed by atoms with van der Waals surface area (Å²) in [6, 6.07) is 2.81. The molecule has 0 N–H and O–H groups in total. The Bertz CT molecular complexity index is 443. The first kappa shape index (κ1) is 14.6. The smallest absolute Gasteiger partial charge is 0.495 e. The largest absolute Gasteiger partial charge is 0.529 e. The minimum Gasteiger partial charge on any atom is -0.495 e. The van der Waals surface area contributed by atoms with E-state index in [0.717, 1.165) is 0 Å². The molecule has 0 aliphatic heterocycles. The second-order valence-electron chi connectivity index (χ2n) is 2.82. The Hall–Kier alpha value is -0.450. The summed E-state index contributed by atoms with van der Waals surface area (Å²) < 4.78 is 31.0. The fourth-order valence-corrected chi connectivity index (χ4v) is 2.17. The fourth-order valence-electron chi connectivity index (χ4n) is 1.01. The molecule has 0 unspecified atom stereocenters. The third-order valence-electron chi connectivity index (χ3n) is 1.86. The number of phosphoric acid groups is 1. The number of halogens is 2. The highest BCUT2D eigenvalue weighted by molar-refractivity contribution is 7.48. The van der Waals surface area contributed by atoms with Crippen LogP contribution in [0.25, 0.3) is 0 Å². The van der Waals surface area contributed by atoms with Gasteiger partial charge in [0.05, 0.1) is 17.2 Å². The minimum atomic E-state index is -3.66. The van der Waals surface area contributed by atoms with Crippen LogP contribution in [0.2, 0.25) is 10.0 Å². The van der Waals surface area contributed by atoms with E-state index in [9.17, 15) is 4.57 Å². The summed E-state index contributed by atoms with van der Waals surface area (Å²) in [5.41, 5.74) is 0. The molecule has 1 rings (SSSR count). The summed E-state index contributed by atoms with van der Waals surface area (Å²) in [4.78, 5) is 0. The number of methoxy groups -OCH3 is 1. The van der Waals surface area contributed by atoms with Crippen molar-refractivity contribution in [2.24, 2.45) is 0 Å². The lowest BCUT2D eigenvalue weighted by molar-refractivity contribution is 0.211. The van der Waals surface area contributed by atoms with E-state index >= 15 is 0 Å². The molecule has 17 heavy (non-hydrogen) atoms. The molecule has 5 nitrogen and oxygen atoms in total. The van der Waals surface area contributed by atoms with Gasteiger partial charge < -0.3 is 9.26 Å². The monoisotopic (exact) mass is 300 g/mol. The Kier molecular flexibility index (Phi) is 5.10. The molecule has 0 saturated heterocycles. The van der Waals surface area contributed by atoms with Gasteiger partial charge in [-0.2, -0.15) is 0 Å². The van der Waals surface area contributed by atoms with Gasteiger partial charge in [0.2, 0.25) is 0 Å². The van der Waals surface area contributed by atoms with Crippen molar-refractivity contribution < 1.29 is 22.9 Å². The van der Waals surface area contributed by atoms with Crippen molar-refractivity contribution in [3.8, 4) is 11.5 Å². The van der Waals surface area contributed by atoms with E-state index in [-0.39, 0.29) is 15.8 Å². The SMILES string of the molecule is COc1cc(Cl)c(OP(=O)(OC)OC)cc1Cl. The average Bonchev–Trinajstić information content (AvgIpc) is 2.33. The minimum absolute atomic E-state index is 0.0875. The van der Waals surface area contributed by atoms with Gasteiger partial charge in [-0.3, -0.25) is 9.05 Å². The molecule has 0 aliphatic rings. The normalized spacial score (nSPS) is 11.4. The summed E-state index contributed by atoms with van der Waals surface area (Å²) in [7, 11) is 0.190. The van der Waals surface area contributed by atoms with Gasteiger partial charge in [0.1, 0.15) is 5.75 Å². The Balaban J connectivity index is 3.08. The maximum absolute atomic E-state index is 11.7. The molecule has 0 bridgehead atoms. The summed E-state index contributed by atoms with van der Waals surface area (Å²) in [6.07, 6.45) is 0. The highest BCUT2D eigenvalue weighted by Gasteiger charge is 2.26. The lowest BCUT2D eigenvalue weighted by Gasteiger charge is -2.16. The van der Waals surface area contributed by atoms with E-state index in [2.05, 4.69) is 9.05 Å².